The molecule has 7 heteroatoms. The van der Waals surface area contributed by atoms with Crippen molar-refractivity contribution in [2.24, 2.45) is 0 Å². The van der Waals surface area contributed by atoms with Crippen molar-refractivity contribution in [1.82, 2.24) is 19.9 Å². The van der Waals surface area contributed by atoms with Crippen LogP contribution in [0.1, 0.15) is 0 Å². The maximum atomic E-state index is 10.5. The van der Waals surface area contributed by atoms with Gasteiger partial charge in [0.15, 0.2) is 5.82 Å². The van der Waals surface area contributed by atoms with Crippen molar-refractivity contribution in [1.29, 1.82) is 0 Å². The van der Waals surface area contributed by atoms with Crippen LogP contribution in [0.3, 0.4) is 0 Å². The summed E-state index contributed by atoms with van der Waals surface area (Å²) < 4.78 is 0. The fourth-order valence-corrected chi connectivity index (χ4v) is 4.17. The van der Waals surface area contributed by atoms with Crippen LogP contribution in [0, 0.1) is 6.07 Å². The molecule has 39 heavy (non-hydrogen) atoms. The van der Waals surface area contributed by atoms with Gasteiger partial charge >= 0.3 is 0 Å². The number of phenolic OH excluding ortho intramolecular Hbond substituents is 1. The third kappa shape index (κ3) is 5.61. The summed E-state index contributed by atoms with van der Waals surface area (Å²) in [5, 5.41) is 10.5. The molecule has 3 aromatic heterocycles. The third-order valence-electron chi connectivity index (χ3n) is 5.96. The first-order chi connectivity index (χ1) is 18.8. The van der Waals surface area contributed by atoms with E-state index in [0.717, 1.165) is 17.1 Å². The Bertz CT molecular complexity index is 1640. The Morgan fingerprint density at radius 3 is 2.00 bits per heavy atom. The SMILES string of the molecule is Oc1ccccc1-c1[c-]c(-c2cccc(N(c3ccccc3)c3ccccn3)n2)nc(-c2ccccc2)n1.[Pt]. The number of hydrogen-bond acceptors (Lipinski definition) is 6. The molecule has 0 aliphatic rings. The maximum Gasteiger partial charge on any atom is 0.156 e. The van der Waals surface area contributed by atoms with E-state index < -0.39 is 0 Å². The normalized spacial score (nSPS) is 10.5. The Hall–Kier alpha value is -4.67. The summed E-state index contributed by atoms with van der Waals surface area (Å²) in [5.74, 6) is 2.08. The smallest absolute Gasteiger partial charge is 0.156 e. The number of rotatable bonds is 6. The molecule has 6 nitrogen and oxygen atoms in total. The van der Waals surface area contributed by atoms with Gasteiger partial charge in [0.1, 0.15) is 11.6 Å². The Labute approximate surface area is 241 Å². The molecule has 0 saturated heterocycles. The first-order valence-electron chi connectivity index (χ1n) is 12.1. The number of pyridine rings is 2. The number of para-hydroxylation sites is 2. The monoisotopic (exact) mass is 687 g/mol. The molecular weight excluding hydrogens is 665 g/mol. The Morgan fingerprint density at radius 1 is 0.590 bits per heavy atom. The summed E-state index contributed by atoms with van der Waals surface area (Å²) in [4.78, 5) is 21.1. The van der Waals surface area contributed by atoms with E-state index in [1.807, 2.05) is 114 Å². The first kappa shape index (κ1) is 26.0. The van der Waals surface area contributed by atoms with E-state index in [4.69, 9.17) is 15.0 Å². The van der Waals surface area contributed by atoms with Crippen molar-refractivity contribution < 1.29 is 26.2 Å². The van der Waals surface area contributed by atoms with Gasteiger partial charge < -0.3 is 5.11 Å². The zero-order chi connectivity index (χ0) is 25.7. The molecule has 0 spiro atoms. The molecule has 3 aromatic carbocycles. The molecule has 0 atom stereocenters. The largest absolute Gasteiger partial charge is 0.520 e. The minimum atomic E-state index is 0. The van der Waals surface area contributed by atoms with Crippen LogP contribution in [0.25, 0.3) is 34.0 Å². The molecule has 0 bridgehead atoms. The molecule has 1 N–H and O–H groups in total. The standard InChI is InChI=1S/C32H22N5O.Pt/c38-29-18-8-7-16-25(29)27-22-28(36-32(35-27)23-12-3-1-4-13-23)26-17-11-20-31(34-26)37(24-14-5-2-6-15-24)30-19-9-10-21-33-30;/h1-21,38H;/q-1;. The van der Waals surface area contributed by atoms with Gasteiger partial charge in [0.05, 0.1) is 5.75 Å². The second kappa shape index (κ2) is 11.8. The molecule has 0 unspecified atom stereocenters. The van der Waals surface area contributed by atoms with Crippen molar-refractivity contribution in [2.75, 3.05) is 4.90 Å². The number of benzene rings is 3. The van der Waals surface area contributed by atoms with Crippen LogP contribution in [0.4, 0.5) is 17.3 Å². The summed E-state index contributed by atoms with van der Waals surface area (Å²) in [6.07, 6.45) is 1.76. The fourth-order valence-electron chi connectivity index (χ4n) is 4.17. The summed E-state index contributed by atoms with van der Waals surface area (Å²) in [7, 11) is 0. The zero-order valence-electron chi connectivity index (χ0n) is 20.6. The number of hydrogen-bond donors (Lipinski definition) is 1. The van der Waals surface area contributed by atoms with Crippen molar-refractivity contribution in [3.63, 3.8) is 0 Å². The number of nitrogens with zero attached hydrogens (tertiary/aromatic N) is 5. The molecule has 6 rings (SSSR count). The van der Waals surface area contributed by atoms with E-state index in [9.17, 15) is 5.11 Å². The van der Waals surface area contributed by atoms with Crippen LogP contribution in [0.15, 0.2) is 128 Å². The van der Waals surface area contributed by atoms with E-state index in [1.54, 1.807) is 18.3 Å². The minimum Gasteiger partial charge on any atom is -0.520 e. The van der Waals surface area contributed by atoms with E-state index in [2.05, 4.69) is 11.1 Å². The fraction of sp³-hybridized carbons (Fsp3) is 0. The van der Waals surface area contributed by atoms with Crippen LogP contribution in [-0.4, -0.2) is 25.0 Å². The summed E-state index contributed by atoms with van der Waals surface area (Å²) in [5.41, 5.74) is 3.99. The van der Waals surface area contributed by atoms with Crippen LogP contribution in [0.5, 0.6) is 5.75 Å². The average molecular weight is 688 g/mol. The third-order valence-corrected chi connectivity index (χ3v) is 5.96. The van der Waals surface area contributed by atoms with Crippen LogP contribution >= 0.6 is 0 Å². The minimum absolute atomic E-state index is 0. The second-order valence-corrected chi connectivity index (χ2v) is 8.49. The van der Waals surface area contributed by atoms with Gasteiger partial charge in [-0.05, 0) is 53.5 Å². The number of aromatic hydroxyl groups is 1. The molecule has 192 valence electrons. The molecule has 0 aliphatic carbocycles. The molecule has 0 fully saturated rings. The number of phenols is 1. The van der Waals surface area contributed by atoms with Gasteiger partial charge in [0.25, 0.3) is 0 Å². The van der Waals surface area contributed by atoms with Gasteiger partial charge in [0, 0.05) is 38.5 Å². The molecular formula is C32H22N5OPt-. The summed E-state index contributed by atoms with van der Waals surface area (Å²) in [6, 6.07) is 41.7. The topological polar surface area (TPSA) is 75.0 Å². The second-order valence-electron chi connectivity index (χ2n) is 8.49. The van der Waals surface area contributed by atoms with Gasteiger partial charge in [-0.15, -0.1) is 12.1 Å². The predicted molar refractivity (Wildman–Crippen MR) is 149 cm³/mol. The summed E-state index contributed by atoms with van der Waals surface area (Å²) in [6.45, 7) is 0. The van der Waals surface area contributed by atoms with Gasteiger partial charge in [-0.2, -0.15) is 0 Å². The number of anilines is 3. The van der Waals surface area contributed by atoms with Crippen molar-refractivity contribution >= 4 is 17.3 Å². The van der Waals surface area contributed by atoms with E-state index in [-0.39, 0.29) is 26.8 Å². The molecule has 0 amide bonds. The van der Waals surface area contributed by atoms with E-state index >= 15 is 0 Å². The molecule has 3 heterocycles. The van der Waals surface area contributed by atoms with Gasteiger partial charge in [-0.25, -0.2) is 4.98 Å². The van der Waals surface area contributed by atoms with E-state index in [1.165, 1.54) is 0 Å². The molecule has 6 aromatic rings. The van der Waals surface area contributed by atoms with Gasteiger partial charge in [0.2, 0.25) is 0 Å². The first-order valence-corrected chi connectivity index (χ1v) is 12.1. The van der Waals surface area contributed by atoms with Crippen LogP contribution in [-0.2, 0) is 21.1 Å². The molecule has 0 aliphatic heterocycles. The Balaban J connectivity index is 0.00000308. The van der Waals surface area contributed by atoms with E-state index in [0.29, 0.717) is 34.3 Å². The van der Waals surface area contributed by atoms with Gasteiger partial charge in [-0.1, -0.05) is 84.4 Å². The van der Waals surface area contributed by atoms with Crippen LogP contribution in [0.2, 0.25) is 0 Å². The van der Waals surface area contributed by atoms with Gasteiger partial charge in [-0.3, -0.25) is 19.9 Å². The summed E-state index contributed by atoms with van der Waals surface area (Å²) >= 11 is 0. The average Bonchev–Trinajstić information content (AvgIpc) is 2.99. The van der Waals surface area contributed by atoms with Crippen molar-refractivity contribution in [3.05, 3.63) is 134 Å². The van der Waals surface area contributed by atoms with Crippen molar-refractivity contribution in [3.8, 4) is 39.8 Å². The Morgan fingerprint density at radius 2 is 1.26 bits per heavy atom. The molecule has 0 radical (unpaired) electrons. The predicted octanol–water partition coefficient (Wildman–Crippen LogP) is 7.24. The maximum absolute atomic E-state index is 10.5. The zero-order valence-corrected chi connectivity index (χ0v) is 22.9. The quantitative estimate of drug-likeness (QED) is 0.186. The Kier molecular flexibility index (Phi) is 7.85. The molecule has 0 saturated carbocycles. The van der Waals surface area contributed by atoms with Crippen molar-refractivity contribution in [2.45, 2.75) is 0 Å². The number of aromatic nitrogens is 4. The van der Waals surface area contributed by atoms with Crippen LogP contribution < -0.4 is 4.90 Å².